The van der Waals surface area contributed by atoms with E-state index in [2.05, 4.69) is 91.9 Å². The Morgan fingerprint density at radius 1 is 0.605 bits per heavy atom. The molecule has 0 spiro atoms. The minimum atomic E-state index is 0.714. The number of pyridine rings is 2. The average molecular weight is 497 g/mol. The molecule has 6 heteroatoms. The Labute approximate surface area is 221 Å². The van der Waals surface area contributed by atoms with Crippen LogP contribution >= 0.6 is 0 Å². The van der Waals surface area contributed by atoms with Crippen LogP contribution in [0.5, 0.6) is 0 Å². The molecule has 38 heavy (non-hydrogen) atoms. The Bertz CT molecular complexity index is 1640. The zero-order chi connectivity index (χ0) is 25.9. The van der Waals surface area contributed by atoms with Crippen LogP contribution in [0, 0.1) is 0 Å². The lowest BCUT2D eigenvalue weighted by Gasteiger charge is -2.11. The maximum atomic E-state index is 4.73. The molecule has 6 nitrogen and oxygen atoms in total. The quantitative estimate of drug-likeness (QED) is 0.182. The molecule has 6 rings (SSSR count). The first-order valence-electron chi connectivity index (χ1n) is 12.7. The van der Waals surface area contributed by atoms with E-state index in [9.17, 15) is 0 Å². The minimum Gasteiger partial charge on any atom is -0.335 e. The van der Waals surface area contributed by atoms with Crippen LogP contribution in [0.2, 0.25) is 0 Å². The highest BCUT2D eigenvalue weighted by Crippen LogP contribution is 2.24. The number of aromatic nitrogens is 4. The van der Waals surface area contributed by atoms with Crippen molar-refractivity contribution in [1.82, 2.24) is 19.1 Å². The summed E-state index contributed by atoms with van der Waals surface area (Å²) in [4.78, 5) is 8.59. The standard InChI is InChI=1S/C32H28N6/c1-23(31-17-27-11-3-5-13-29(27)37(31)21-25-9-7-15-33-19-25)35-36-24(2)32-18-28-12-4-6-14-30(28)38(32)22-26-10-8-16-34-20-26/h3-20H,21-22H2,1-2H3/b35-23-,36-24+. The first-order chi connectivity index (χ1) is 18.7. The normalized spacial score (nSPS) is 12.5. The van der Waals surface area contributed by atoms with Crippen molar-refractivity contribution in [2.45, 2.75) is 26.9 Å². The van der Waals surface area contributed by atoms with Gasteiger partial charge in [-0.3, -0.25) is 9.97 Å². The van der Waals surface area contributed by atoms with Crippen LogP contribution in [0.4, 0.5) is 0 Å². The van der Waals surface area contributed by atoms with E-state index in [4.69, 9.17) is 10.2 Å². The molecule has 0 atom stereocenters. The number of hydrogen-bond donors (Lipinski definition) is 0. The molecule has 186 valence electrons. The Kier molecular flexibility index (Phi) is 6.36. The highest BCUT2D eigenvalue weighted by atomic mass is 15.2. The summed E-state index contributed by atoms with van der Waals surface area (Å²) in [5, 5.41) is 11.8. The van der Waals surface area contributed by atoms with Gasteiger partial charge in [0.15, 0.2) is 0 Å². The third-order valence-corrected chi connectivity index (χ3v) is 6.84. The molecule has 0 bridgehead atoms. The smallest absolute Gasteiger partial charge is 0.0836 e. The first kappa shape index (κ1) is 23.6. The third kappa shape index (κ3) is 4.64. The number of hydrogen-bond acceptors (Lipinski definition) is 4. The molecule has 0 fully saturated rings. The van der Waals surface area contributed by atoms with Crippen LogP contribution in [0.1, 0.15) is 36.4 Å². The van der Waals surface area contributed by atoms with Crippen molar-refractivity contribution in [2.75, 3.05) is 0 Å². The van der Waals surface area contributed by atoms with Crippen LogP contribution < -0.4 is 0 Å². The first-order valence-corrected chi connectivity index (χ1v) is 12.7. The van der Waals surface area contributed by atoms with Crippen molar-refractivity contribution in [2.24, 2.45) is 10.2 Å². The summed E-state index contributed by atoms with van der Waals surface area (Å²) in [5.74, 6) is 0. The van der Waals surface area contributed by atoms with E-state index >= 15 is 0 Å². The van der Waals surface area contributed by atoms with Gasteiger partial charge in [0.25, 0.3) is 0 Å². The van der Waals surface area contributed by atoms with Crippen molar-refractivity contribution >= 4 is 33.2 Å². The van der Waals surface area contributed by atoms with Gasteiger partial charge < -0.3 is 9.13 Å². The average Bonchev–Trinajstić information content (AvgIpc) is 3.51. The summed E-state index contributed by atoms with van der Waals surface area (Å²) in [6.45, 7) is 5.48. The van der Waals surface area contributed by atoms with Gasteiger partial charge in [0.05, 0.1) is 22.8 Å². The molecule has 0 aliphatic carbocycles. The summed E-state index contributed by atoms with van der Waals surface area (Å²) >= 11 is 0. The van der Waals surface area contributed by atoms with E-state index in [1.165, 1.54) is 21.8 Å². The van der Waals surface area contributed by atoms with Gasteiger partial charge in [0.1, 0.15) is 0 Å². The van der Waals surface area contributed by atoms with Crippen LogP contribution in [-0.4, -0.2) is 30.5 Å². The van der Waals surface area contributed by atoms with Crippen molar-refractivity contribution in [3.63, 3.8) is 0 Å². The number of benzene rings is 2. The number of nitrogens with zero attached hydrogens (tertiary/aromatic N) is 6. The van der Waals surface area contributed by atoms with Gasteiger partial charge in [-0.1, -0.05) is 48.5 Å². The molecule has 4 aromatic heterocycles. The summed E-state index contributed by atoms with van der Waals surface area (Å²) in [6.07, 6.45) is 7.43. The predicted octanol–water partition coefficient (Wildman–Crippen LogP) is 6.72. The van der Waals surface area contributed by atoms with Gasteiger partial charge >= 0.3 is 0 Å². The second-order valence-corrected chi connectivity index (χ2v) is 9.44. The summed E-state index contributed by atoms with van der Waals surface area (Å²) < 4.78 is 4.57. The molecule has 0 aliphatic rings. The molecule has 2 aromatic carbocycles. The highest BCUT2D eigenvalue weighted by molar-refractivity contribution is 6.05. The summed E-state index contributed by atoms with van der Waals surface area (Å²) in [5.41, 5.74) is 8.42. The van der Waals surface area contributed by atoms with Gasteiger partial charge in [-0.25, -0.2) is 0 Å². The van der Waals surface area contributed by atoms with Crippen LogP contribution in [0.3, 0.4) is 0 Å². The van der Waals surface area contributed by atoms with Crippen molar-refractivity contribution in [3.8, 4) is 0 Å². The maximum Gasteiger partial charge on any atom is 0.0836 e. The summed E-state index contributed by atoms with van der Waals surface area (Å²) in [7, 11) is 0. The van der Waals surface area contributed by atoms with Gasteiger partial charge in [0, 0.05) is 59.7 Å². The van der Waals surface area contributed by atoms with Gasteiger partial charge in [-0.2, -0.15) is 10.2 Å². The Hall–Kier alpha value is -4.84. The number of para-hydroxylation sites is 2. The minimum absolute atomic E-state index is 0.714. The molecule has 6 aromatic rings. The monoisotopic (exact) mass is 496 g/mol. The van der Waals surface area contributed by atoms with Crippen LogP contribution in [0.25, 0.3) is 21.8 Å². The van der Waals surface area contributed by atoms with Crippen LogP contribution in [-0.2, 0) is 13.1 Å². The Morgan fingerprint density at radius 2 is 1.05 bits per heavy atom. The van der Waals surface area contributed by atoms with Gasteiger partial charge in [0.2, 0.25) is 0 Å². The molecule has 0 unspecified atom stereocenters. The van der Waals surface area contributed by atoms with Crippen molar-refractivity contribution < 1.29 is 0 Å². The second kappa shape index (κ2) is 10.3. The van der Waals surface area contributed by atoms with Gasteiger partial charge in [-0.15, -0.1) is 0 Å². The molecule has 0 N–H and O–H groups in total. The largest absolute Gasteiger partial charge is 0.335 e. The van der Waals surface area contributed by atoms with Crippen molar-refractivity contribution in [1.29, 1.82) is 0 Å². The molecule has 4 heterocycles. The number of fused-ring (bicyclic) bond motifs is 2. The fourth-order valence-corrected chi connectivity index (χ4v) is 4.96. The molecular formula is C32H28N6. The lowest BCUT2D eigenvalue weighted by Crippen LogP contribution is -2.10. The van der Waals surface area contributed by atoms with E-state index in [-0.39, 0.29) is 0 Å². The molecule has 0 saturated heterocycles. The summed E-state index contributed by atoms with van der Waals surface area (Å²) in [6, 6.07) is 29.4. The predicted molar refractivity (Wildman–Crippen MR) is 155 cm³/mol. The van der Waals surface area contributed by atoms with Crippen molar-refractivity contribution in [3.05, 3.63) is 132 Å². The fraction of sp³-hybridized carbons (Fsp3) is 0.125. The van der Waals surface area contributed by atoms with E-state index in [1.807, 2.05) is 38.4 Å². The van der Waals surface area contributed by atoms with E-state index in [0.717, 1.165) is 33.9 Å². The molecule has 0 saturated carbocycles. The molecule has 0 aliphatic heterocycles. The molecule has 0 radical (unpaired) electrons. The Morgan fingerprint density at radius 3 is 1.47 bits per heavy atom. The highest BCUT2D eigenvalue weighted by Gasteiger charge is 2.14. The maximum absolute atomic E-state index is 4.73. The third-order valence-electron chi connectivity index (χ3n) is 6.84. The lowest BCUT2D eigenvalue weighted by molar-refractivity contribution is 0.819. The fourth-order valence-electron chi connectivity index (χ4n) is 4.96. The van der Waals surface area contributed by atoms with E-state index in [0.29, 0.717) is 13.1 Å². The van der Waals surface area contributed by atoms with E-state index in [1.54, 1.807) is 12.4 Å². The van der Waals surface area contributed by atoms with Crippen LogP contribution in [0.15, 0.2) is 120 Å². The Balaban J connectivity index is 1.39. The zero-order valence-corrected chi connectivity index (χ0v) is 21.5. The molecular weight excluding hydrogens is 468 g/mol. The topological polar surface area (TPSA) is 60.4 Å². The lowest BCUT2D eigenvalue weighted by atomic mass is 10.2. The number of rotatable bonds is 7. The van der Waals surface area contributed by atoms with Gasteiger partial charge in [-0.05, 0) is 61.4 Å². The zero-order valence-electron chi connectivity index (χ0n) is 21.5. The molecule has 0 amide bonds. The SMILES string of the molecule is C/C(=N/N=C(\C)c1cc2ccccc2n1Cc1cccnc1)c1cc2ccccc2n1Cc1cccnc1. The second-order valence-electron chi connectivity index (χ2n) is 9.44. The van der Waals surface area contributed by atoms with E-state index < -0.39 is 0 Å².